The van der Waals surface area contributed by atoms with E-state index in [4.69, 9.17) is 4.74 Å². The van der Waals surface area contributed by atoms with Crippen LogP contribution in [0.1, 0.15) is 19.0 Å². The highest BCUT2D eigenvalue weighted by Crippen LogP contribution is 2.24. The fourth-order valence-corrected chi connectivity index (χ4v) is 3.68. The zero-order valence-corrected chi connectivity index (χ0v) is 14.0. The Bertz CT molecular complexity index is 781. The molecule has 0 saturated carbocycles. The van der Waals surface area contributed by atoms with Crippen LogP contribution in [-0.4, -0.2) is 51.6 Å². The van der Waals surface area contributed by atoms with Gasteiger partial charge in [-0.1, -0.05) is 12.1 Å². The summed E-state index contributed by atoms with van der Waals surface area (Å²) in [6, 6.07) is 1.87. The molecule has 0 bridgehead atoms. The van der Waals surface area contributed by atoms with E-state index < -0.39 is 10.0 Å². The number of aryl methyl sites for hydroxylation is 1. The van der Waals surface area contributed by atoms with Crippen molar-refractivity contribution in [1.29, 1.82) is 0 Å². The third kappa shape index (κ3) is 3.43. The highest BCUT2D eigenvalue weighted by molar-refractivity contribution is 7.89. The molecule has 3 rings (SSSR count). The van der Waals surface area contributed by atoms with Crippen molar-refractivity contribution in [3.63, 3.8) is 0 Å². The molecular weight excluding hydrogens is 320 g/mol. The van der Waals surface area contributed by atoms with Crippen molar-refractivity contribution in [2.24, 2.45) is 7.05 Å². The Morgan fingerprint density at radius 3 is 3.00 bits per heavy atom. The van der Waals surface area contributed by atoms with Gasteiger partial charge in [-0.25, -0.2) is 17.8 Å². The fraction of sp³-hybridized carbons (Fsp3) is 0.615. The summed E-state index contributed by atoms with van der Waals surface area (Å²) in [5.41, 5.74) is 2.49. The maximum Gasteiger partial charge on any atom is 0.211 e. The van der Waals surface area contributed by atoms with E-state index in [0.29, 0.717) is 19.6 Å². The van der Waals surface area contributed by atoms with Crippen LogP contribution in [0, 0.1) is 0 Å². The Hall–Kier alpha value is -1.78. The van der Waals surface area contributed by atoms with Crippen LogP contribution in [-0.2, 0) is 35.0 Å². The number of nitrogens with zero attached hydrogens (tertiary/aromatic N) is 5. The van der Waals surface area contributed by atoms with Gasteiger partial charge >= 0.3 is 0 Å². The van der Waals surface area contributed by atoms with E-state index in [9.17, 15) is 8.42 Å². The first-order valence-corrected chi connectivity index (χ1v) is 9.15. The van der Waals surface area contributed by atoms with E-state index >= 15 is 0 Å². The van der Waals surface area contributed by atoms with E-state index in [2.05, 4.69) is 20.1 Å². The molecule has 23 heavy (non-hydrogen) atoms. The molecule has 0 aromatic carbocycles. The topological polar surface area (TPSA) is 104 Å². The average Bonchev–Trinajstić information content (AvgIpc) is 3.10. The lowest BCUT2D eigenvalue weighted by molar-refractivity contribution is 0.00430. The molecule has 0 radical (unpaired) electrons. The van der Waals surface area contributed by atoms with E-state index in [1.165, 1.54) is 0 Å². The number of hydrogen-bond acceptors (Lipinski definition) is 6. The predicted molar refractivity (Wildman–Crippen MR) is 82.9 cm³/mol. The van der Waals surface area contributed by atoms with Crippen molar-refractivity contribution in [3.8, 4) is 11.4 Å². The molecule has 10 heteroatoms. The molecule has 0 amide bonds. The molecule has 1 aliphatic heterocycles. The number of rotatable bonds is 6. The second-order valence-corrected chi connectivity index (χ2v) is 7.43. The first-order valence-electron chi connectivity index (χ1n) is 7.50. The molecule has 0 spiro atoms. The lowest BCUT2D eigenvalue weighted by Gasteiger charge is -2.24. The Balaban J connectivity index is 1.69. The molecular formula is C13H20N6O3S. The highest BCUT2D eigenvalue weighted by atomic mass is 32.2. The molecule has 3 heterocycles. The summed E-state index contributed by atoms with van der Waals surface area (Å²) >= 11 is 0. The molecule has 0 saturated heterocycles. The lowest BCUT2D eigenvalue weighted by Crippen LogP contribution is -2.39. The number of fused-ring (bicyclic) bond motifs is 1. The average molecular weight is 340 g/mol. The zero-order valence-electron chi connectivity index (χ0n) is 13.1. The SMILES string of the molecule is CCCS(=O)(=O)NCC1Cn2nnc(-c3ccnn3C)c2CO1. The molecule has 1 N–H and O–H groups in total. The molecule has 126 valence electrons. The maximum absolute atomic E-state index is 11.7. The van der Waals surface area contributed by atoms with Crippen molar-refractivity contribution >= 4 is 10.0 Å². The van der Waals surface area contributed by atoms with Gasteiger partial charge in [0.2, 0.25) is 10.0 Å². The number of hydrogen-bond donors (Lipinski definition) is 1. The Kier molecular flexibility index (Phi) is 4.46. The normalized spacial score (nSPS) is 18.1. The molecule has 1 aliphatic rings. The van der Waals surface area contributed by atoms with Gasteiger partial charge in [0, 0.05) is 19.8 Å². The monoisotopic (exact) mass is 340 g/mol. The van der Waals surface area contributed by atoms with Crippen LogP contribution >= 0.6 is 0 Å². The van der Waals surface area contributed by atoms with E-state index in [-0.39, 0.29) is 18.4 Å². The van der Waals surface area contributed by atoms with E-state index in [1.54, 1.807) is 15.6 Å². The van der Waals surface area contributed by atoms with Crippen LogP contribution in [0.2, 0.25) is 0 Å². The van der Waals surface area contributed by atoms with Crippen LogP contribution in [0.25, 0.3) is 11.4 Å². The molecule has 9 nitrogen and oxygen atoms in total. The first-order chi connectivity index (χ1) is 11.0. The third-order valence-corrected chi connectivity index (χ3v) is 5.29. The minimum absolute atomic E-state index is 0.124. The smallest absolute Gasteiger partial charge is 0.211 e. The molecule has 1 unspecified atom stereocenters. The summed E-state index contributed by atoms with van der Waals surface area (Å²) in [4.78, 5) is 0. The largest absolute Gasteiger partial charge is 0.369 e. The quantitative estimate of drug-likeness (QED) is 0.788. The predicted octanol–water partition coefficient (Wildman–Crippen LogP) is -0.0932. The molecule has 2 aromatic heterocycles. The molecule has 0 fully saturated rings. The number of sulfonamides is 1. The molecule has 1 atom stereocenters. The summed E-state index contributed by atoms with van der Waals surface area (Å²) in [7, 11) is -1.39. The standard InChI is InChI=1S/C13H20N6O3S/c1-3-6-23(20,21)15-7-10-8-19-12(9-22-10)13(16-17-19)11-4-5-14-18(11)2/h4-5,10,15H,3,6-9H2,1-2H3. The Labute approximate surface area is 134 Å². The van der Waals surface area contributed by atoms with Gasteiger partial charge in [0.1, 0.15) is 5.69 Å². The van der Waals surface area contributed by atoms with Gasteiger partial charge in [-0.2, -0.15) is 5.10 Å². The molecule has 0 aliphatic carbocycles. The number of nitrogens with one attached hydrogen (secondary N) is 1. The second-order valence-electron chi connectivity index (χ2n) is 5.51. The minimum Gasteiger partial charge on any atom is -0.369 e. The number of ether oxygens (including phenoxy) is 1. The van der Waals surface area contributed by atoms with Gasteiger partial charge in [-0.05, 0) is 12.5 Å². The van der Waals surface area contributed by atoms with Crippen LogP contribution in [0.15, 0.2) is 12.3 Å². The van der Waals surface area contributed by atoms with Crippen LogP contribution in [0.5, 0.6) is 0 Å². The van der Waals surface area contributed by atoms with E-state index in [0.717, 1.165) is 17.1 Å². The maximum atomic E-state index is 11.7. The molecule has 2 aromatic rings. The van der Waals surface area contributed by atoms with Crippen LogP contribution in [0.4, 0.5) is 0 Å². The van der Waals surface area contributed by atoms with Gasteiger partial charge in [0.05, 0.1) is 36.4 Å². The van der Waals surface area contributed by atoms with Crippen molar-refractivity contribution in [2.45, 2.75) is 32.6 Å². The van der Waals surface area contributed by atoms with E-state index in [1.807, 2.05) is 20.0 Å². The summed E-state index contributed by atoms with van der Waals surface area (Å²) in [6.07, 6.45) is 2.04. The van der Waals surface area contributed by atoms with Crippen molar-refractivity contribution < 1.29 is 13.2 Å². The van der Waals surface area contributed by atoms with Gasteiger partial charge in [0.25, 0.3) is 0 Å². The van der Waals surface area contributed by atoms with Crippen LogP contribution in [0.3, 0.4) is 0 Å². The summed E-state index contributed by atoms with van der Waals surface area (Å²) in [5, 5.41) is 12.5. The zero-order chi connectivity index (χ0) is 16.4. The summed E-state index contributed by atoms with van der Waals surface area (Å²) in [6.45, 7) is 2.88. The van der Waals surface area contributed by atoms with Crippen molar-refractivity contribution in [3.05, 3.63) is 18.0 Å². The van der Waals surface area contributed by atoms with Crippen molar-refractivity contribution in [1.82, 2.24) is 29.5 Å². The van der Waals surface area contributed by atoms with Gasteiger partial charge in [-0.15, -0.1) is 5.10 Å². The Morgan fingerprint density at radius 1 is 1.48 bits per heavy atom. The number of aromatic nitrogens is 5. The van der Waals surface area contributed by atoms with Crippen LogP contribution < -0.4 is 4.72 Å². The first kappa shape index (κ1) is 16.1. The third-order valence-electron chi connectivity index (χ3n) is 3.74. The fourth-order valence-electron chi connectivity index (χ4n) is 2.55. The summed E-state index contributed by atoms with van der Waals surface area (Å²) < 4.78 is 35.2. The van der Waals surface area contributed by atoms with Gasteiger partial charge in [-0.3, -0.25) is 4.68 Å². The Morgan fingerprint density at radius 2 is 2.30 bits per heavy atom. The van der Waals surface area contributed by atoms with Gasteiger partial charge in [0.15, 0.2) is 0 Å². The highest BCUT2D eigenvalue weighted by Gasteiger charge is 2.26. The van der Waals surface area contributed by atoms with Crippen molar-refractivity contribution in [2.75, 3.05) is 12.3 Å². The van der Waals surface area contributed by atoms with Gasteiger partial charge < -0.3 is 4.74 Å². The minimum atomic E-state index is -3.23. The second kappa shape index (κ2) is 6.38. The summed E-state index contributed by atoms with van der Waals surface area (Å²) in [5.74, 6) is 0.124. The lowest BCUT2D eigenvalue weighted by atomic mass is 10.2.